The van der Waals surface area contributed by atoms with Gasteiger partial charge in [-0.25, -0.2) is 9.13 Å². The number of carbonyl (C=O) groups excluding carboxylic acids is 4. The zero-order valence-corrected chi connectivity index (χ0v) is 61.6. The number of phosphoric acid groups is 2. The molecule has 3 N–H and O–H groups in total. The molecular weight excluding hydrogens is 1210 g/mol. The van der Waals surface area contributed by atoms with E-state index in [1.54, 1.807) is 0 Å². The van der Waals surface area contributed by atoms with Crippen LogP contribution in [0.25, 0.3) is 0 Å². The smallest absolute Gasteiger partial charge is 0.462 e. The van der Waals surface area contributed by atoms with Crippen LogP contribution in [0.15, 0.2) is 0 Å². The zero-order chi connectivity index (χ0) is 67.9. The number of aliphatic hydroxyl groups is 1. The minimum absolute atomic E-state index is 0.107. The average Bonchev–Trinajstić information content (AvgIpc) is 3.68. The Bertz CT molecular complexity index is 1790. The molecule has 0 aliphatic rings. The quantitative estimate of drug-likeness (QED) is 0.0222. The third kappa shape index (κ3) is 66.7. The molecule has 0 amide bonds. The van der Waals surface area contributed by atoms with Crippen molar-refractivity contribution in [3.05, 3.63) is 0 Å². The van der Waals surface area contributed by atoms with Crippen molar-refractivity contribution in [2.75, 3.05) is 39.6 Å². The third-order valence-corrected chi connectivity index (χ3v) is 18.9. The highest BCUT2D eigenvalue weighted by Crippen LogP contribution is 2.45. The second kappa shape index (κ2) is 65.0. The average molecular weight is 1350 g/mol. The summed E-state index contributed by atoms with van der Waals surface area (Å²) in [5.41, 5.74) is 0. The molecule has 0 aliphatic carbocycles. The van der Waals surface area contributed by atoms with Gasteiger partial charge in [0.25, 0.3) is 0 Å². The minimum Gasteiger partial charge on any atom is -0.462 e. The molecule has 5 atom stereocenters. The molecule has 2 unspecified atom stereocenters. The van der Waals surface area contributed by atoms with Gasteiger partial charge in [0.2, 0.25) is 0 Å². The Morgan fingerprint density at radius 3 is 0.739 bits per heavy atom. The molecule has 0 aromatic heterocycles. The lowest BCUT2D eigenvalue weighted by atomic mass is 10.0. The monoisotopic (exact) mass is 1350 g/mol. The van der Waals surface area contributed by atoms with Gasteiger partial charge in [0.15, 0.2) is 12.2 Å². The number of phosphoric ester groups is 2. The molecule has 0 fully saturated rings. The molecule has 546 valence electrons. The number of rotatable bonds is 72. The van der Waals surface area contributed by atoms with Gasteiger partial charge in [-0.2, -0.15) is 0 Å². The first-order valence-electron chi connectivity index (χ1n) is 38.0. The summed E-state index contributed by atoms with van der Waals surface area (Å²) in [5, 5.41) is 10.6. The van der Waals surface area contributed by atoms with Crippen LogP contribution < -0.4 is 0 Å². The molecule has 0 aliphatic heterocycles. The van der Waals surface area contributed by atoms with Crippen LogP contribution in [0.3, 0.4) is 0 Å². The van der Waals surface area contributed by atoms with Crippen molar-refractivity contribution in [2.24, 2.45) is 11.8 Å². The van der Waals surface area contributed by atoms with Crippen LogP contribution in [0.4, 0.5) is 0 Å². The van der Waals surface area contributed by atoms with Crippen molar-refractivity contribution in [3.63, 3.8) is 0 Å². The van der Waals surface area contributed by atoms with Crippen molar-refractivity contribution < 1.29 is 80.2 Å². The maximum Gasteiger partial charge on any atom is 0.472 e. The molecule has 0 radical (unpaired) electrons. The maximum absolute atomic E-state index is 13.1. The SMILES string of the molecule is CCCCCCCCCCCCCCC(=O)O[C@H](COC(=O)CCCCCCCCC)COP(=O)(O)OC[C@H](O)COP(=O)(O)OC[C@@H](COC(=O)CCCCCCCCCCCCCC(C)C)OC(=O)CCCCCCCCCCCCCCCCCCC(C)C. The Morgan fingerprint density at radius 1 is 0.293 bits per heavy atom. The van der Waals surface area contributed by atoms with E-state index in [1.807, 2.05) is 0 Å². The fraction of sp³-hybridized carbons (Fsp3) is 0.945. The molecule has 92 heavy (non-hydrogen) atoms. The zero-order valence-electron chi connectivity index (χ0n) is 59.9. The molecule has 0 saturated carbocycles. The second-order valence-electron chi connectivity index (χ2n) is 27.3. The van der Waals surface area contributed by atoms with E-state index in [0.717, 1.165) is 115 Å². The normalized spacial score (nSPS) is 14.1. The first-order chi connectivity index (χ1) is 44.4. The predicted molar refractivity (Wildman–Crippen MR) is 372 cm³/mol. The van der Waals surface area contributed by atoms with Crippen LogP contribution >= 0.6 is 15.6 Å². The highest BCUT2D eigenvalue weighted by molar-refractivity contribution is 7.47. The highest BCUT2D eigenvalue weighted by atomic mass is 31.2. The van der Waals surface area contributed by atoms with E-state index in [0.29, 0.717) is 25.7 Å². The molecule has 0 rings (SSSR count). The van der Waals surface area contributed by atoms with E-state index >= 15 is 0 Å². The number of carbonyl (C=O) groups is 4. The molecule has 0 aromatic rings. The summed E-state index contributed by atoms with van der Waals surface area (Å²) in [4.78, 5) is 72.5. The van der Waals surface area contributed by atoms with Crippen LogP contribution in [-0.4, -0.2) is 96.7 Å². The Morgan fingerprint density at radius 2 is 0.500 bits per heavy atom. The molecule has 0 spiro atoms. The molecular formula is C73H142O17P2. The van der Waals surface area contributed by atoms with E-state index in [4.69, 9.17) is 37.0 Å². The summed E-state index contributed by atoms with van der Waals surface area (Å²) < 4.78 is 68.3. The van der Waals surface area contributed by atoms with Crippen molar-refractivity contribution in [3.8, 4) is 0 Å². The third-order valence-electron chi connectivity index (χ3n) is 17.0. The van der Waals surface area contributed by atoms with Gasteiger partial charge in [-0.1, -0.05) is 324 Å². The largest absolute Gasteiger partial charge is 0.472 e. The fourth-order valence-electron chi connectivity index (χ4n) is 11.1. The van der Waals surface area contributed by atoms with Gasteiger partial charge in [-0.05, 0) is 37.5 Å². The van der Waals surface area contributed by atoms with Crippen LogP contribution in [0.2, 0.25) is 0 Å². The van der Waals surface area contributed by atoms with Crippen LogP contribution in [0, 0.1) is 11.8 Å². The van der Waals surface area contributed by atoms with Crippen LogP contribution in [0.5, 0.6) is 0 Å². The first-order valence-corrected chi connectivity index (χ1v) is 41.0. The molecule has 0 bridgehead atoms. The van der Waals surface area contributed by atoms with Crippen molar-refractivity contribution in [2.45, 2.75) is 394 Å². The standard InChI is InChI=1S/C73H142O17P2/c1-7-9-11-13-15-16-17-27-33-39-45-51-57-72(77)89-68(61-83-70(75)55-49-43-35-14-12-10-8-2)63-87-91(79,80)85-59-67(74)60-86-92(81,82)88-64-69(62-84-71(76)56-50-44-38-32-29-24-26-31-37-42-48-54-66(5)6)90-73(78)58-52-46-40-34-28-23-21-19-18-20-22-25-30-36-41-47-53-65(3)4/h65-69,74H,7-64H2,1-6H3,(H,79,80)(H,81,82)/t67-,68+,69+/m0/s1. The second-order valence-corrected chi connectivity index (χ2v) is 30.2. The molecule has 0 saturated heterocycles. The molecule has 19 heteroatoms. The maximum atomic E-state index is 13.1. The van der Waals surface area contributed by atoms with E-state index in [1.165, 1.54) is 180 Å². The Kier molecular flexibility index (Phi) is 63.7. The highest BCUT2D eigenvalue weighted by Gasteiger charge is 2.30. The van der Waals surface area contributed by atoms with Gasteiger partial charge >= 0.3 is 39.5 Å². The Hall–Kier alpha value is -1.94. The van der Waals surface area contributed by atoms with Crippen molar-refractivity contribution in [1.29, 1.82) is 0 Å². The minimum atomic E-state index is -4.95. The van der Waals surface area contributed by atoms with Crippen molar-refractivity contribution in [1.82, 2.24) is 0 Å². The molecule has 0 heterocycles. The van der Waals surface area contributed by atoms with E-state index < -0.39 is 97.5 Å². The number of unbranched alkanes of at least 4 members (excludes halogenated alkanes) is 42. The molecule has 0 aromatic carbocycles. The summed E-state index contributed by atoms with van der Waals surface area (Å²) in [6, 6.07) is 0. The van der Waals surface area contributed by atoms with E-state index in [2.05, 4.69) is 41.5 Å². The summed E-state index contributed by atoms with van der Waals surface area (Å²) in [6.07, 6.45) is 51.4. The fourth-order valence-corrected chi connectivity index (χ4v) is 12.7. The lowest BCUT2D eigenvalue weighted by molar-refractivity contribution is -0.161. The van der Waals surface area contributed by atoms with E-state index in [-0.39, 0.29) is 25.7 Å². The number of ether oxygens (including phenoxy) is 4. The lowest BCUT2D eigenvalue weighted by Gasteiger charge is -2.21. The van der Waals surface area contributed by atoms with Crippen LogP contribution in [0.1, 0.15) is 375 Å². The number of esters is 4. The lowest BCUT2D eigenvalue weighted by Crippen LogP contribution is -2.30. The summed E-state index contributed by atoms with van der Waals surface area (Å²) in [6.45, 7) is 9.57. The van der Waals surface area contributed by atoms with Crippen molar-refractivity contribution >= 4 is 39.5 Å². The predicted octanol–water partition coefficient (Wildman–Crippen LogP) is 21.2. The van der Waals surface area contributed by atoms with Gasteiger partial charge in [0, 0.05) is 25.7 Å². The summed E-state index contributed by atoms with van der Waals surface area (Å²) >= 11 is 0. The van der Waals surface area contributed by atoms with Gasteiger partial charge in [0.1, 0.15) is 19.3 Å². The molecule has 17 nitrogen and oxygen atoms in total. The number of aliphatic hydroxyl groups excluding tert-OH is 1. The van der Waals surface area contributed by atoms with Gasteiger partial charge in [0.05, 0.1) is 26.4 Å². The van der Waals surface area contributed by atoms with Crippen LogP contribution in [-0.2, 0) is 65.4 Å². The van der Waals surface area contributed by atoms with Gasteiger partial charge in [-0.3, -0.25) is 37.3 Å². The first kappa shape index (κ1) is 90.1. The number of hydrogen-bond donors (Lipinski definition) is 3. The topological polar surface area (TPSA) is 237 Å². The number of hydrogen-bond acceptors (Lipinski definition) is 15. The Labute approximate surface area is 562 Å². The summed E-state index contributed by atoms with van der Waals surface area (Å²) in [7, 11) is -9.90. The van der Waals surface area contributed by atoms with Gasteiger partial charge in [-0.15, -0.1) is 0 Å². The summed E-state index contributed by atoms with van der Waals surface area (Å²) in [5.74, 6) is -0.543. The van der Waals surface area contributed by atoms with Gasteiger partial charge < -0.3 is 33.8 Å². The Balaban J connectivity index is 5.19. The van der Waals surface area contributed by atoms with E-state index in [9.17, 15) is 43.2 Å².